The smallest absolute Gasteiger partial charge is 0.296 e. The van der Waals surface area contributed by atoms with E-state index in [4.69, 9.17) is 10.00 Å². The van der Waals surface area contributed by atoms with Gasteiger partial charge in [0.25, 0.3) is 11.9 Å². The molecule has 1 aliphatic rings. The Morgan fingerprint density at radius 1 is 1.10 bits per heavy atom. The lowest BCUT2D eigenvalue weighted by molar-refractivity contribution is 0.0993. The minimum Gasteiger partial charge on any atom is -0.465 e. The minimum absolute atomic E-state index is 0.173. The van der Waals surface area contributed by atoms with Crippen molar-refractivity contribution in [2.45, 2.75) is 20.0 Å². The number of carbonyl (C=O) groups excluding carboxylic acids is 1. The molecule has 30 heavy (non-hydrogen) atoms. The lowest BCUT2D eigenvalue weighted by atomic mass is 9.97. The number of benzene rings is 2. The second-order valence-electron chi connectivity index (χ2n) is 6.84. The van der Waals surface area contributed by atoms with Crippen LogP contribution in [0.25, 0.3) is 11.1 Å². The lowest BCUT2D eigenvalue weighted by Gasteiger charge is -2.24. The SMILES string of the molecule is CCO/C(=N\C(=O)c1ccnc(C#N)c1)N1Cc2ccccc2-c2ccccc2C1. The molecule has 0 aliphatic carbocycles. The molecular formula is C24H20N4O2. The molecule has 4 rings (SSSR count). The van der Waals surface area contributed by atoms with Gasteiger partial charge in [-0.05, 0) is 41.3 Å². The molecule has 0 saturated heterocycles. The lowest BCUT2D eigenvalue weighted by Crippen LogP contribution is -2.32. The van der Waals surface area contributed by atoms with E-state index in [2.05, 4.69) is 34.2 Å². The van der Waals surface area contributed by atoms with Crippen LogP contribution in [0, 0.1) is 11.3 Å². The molecule has 2 aromatic carbocycles. The quantitative estimate of drug-likeness (QED) is 0.480. The first kappa shape index (κ1) is 19.3. The molecule has 0 atom stereocenters. The molecule has 6 heteroatoms. The summed E-state index contributed by atoms with van der Waals surface area (Å²) in [7, 11) is 0. The highest BCUT2D eigenvalue weighted by Crippen LogP contribution is 2.32. The highest BCUT2D eigenvalue weighted by molar-refractivity contribution is 6.01. The fourth-order valence-corrected chi connectivity index (χ4v) is 3.54. The van der Waals surface area contributed by atoms with E-state index in [9.17, 15) is 4.79 Å². The third-order valence-electron chi connectivity index (χ3n) is 4.91. The molecule has 1 aromatic heterocycles. The highest BCUT2D eigenvalue weighted by atomic mass is 16.5. The summed E-state index contributed by atoms with van der Waals surface area (Å²) >= 11 is 0. The summed E-state index contributed by atoms with van der Waals surface area (Å²) in [6, 6.07) is 21.6. The van der Waals surface area contributed by atoms with Crippen LogP contribution in [0.2, 0.25) is 0 Å². The first-order valence-electron chi connectivity index (χ1n) is 9.72. The zero-order valence-electron chi connectivity index (χ0n) is 16.6. The monoisotopic (exact) mass is 396 g/mol. The maximum Gasteiger partial charge on any atom is 0.296 e. The van der Waals surface area contributed by atoms with Gasteiger partial charge in [0.2, 0.25) is 0 Å². The van der Waals surface area contributed by atoms with Gasteiger partial charge in [-0.3, -0.25) is 4.79 Å². The first-order valence-corrected chi connectivity index (χ1v) is 9.72. The molecule has 3 aromatic rings. The van der Waals surface area contributed by atoms with Gasteiger partial charge in [0, 0.05) is 24.8 Å². The van der Waals surface area contributed by atoms with Gasteiger partial charge < -0.3 is 9.64 Å². The van der Waals surface area contributed by atoms with E-state index in [1.807, 2.05) is 42.2 Å². The molecule has 1 aliphatic heterocycles. The number of aromatic nitrogens is 1. The summed E-state index contributed by atoms with van der Waals surface area (Å²) in [4.78, 5) is 22.9. The standard InChI is InChI=1S/C24H20N4O2/c1-2-30-24(27-23(29)17-11-12-26-20(13-17)14-25)28-15-18-7-3-5-9-21(18)22-10-6-4-8-19(22)16-28/h3-13H,2,15-16H2,1H3/b27-24-. The summed E-state index contributed by atoms with van der Waals surface area (Å²) < 4.78 is 5.79. The Balaban J connectivity index is 1.73. The number of pyridine rings is 1. The average molecular weight is 396 g/mol. The van der Waals surface area contributed by atoms with Crippen molar-refractivity contribution in [3.8, 4) is 17.2 Å². The number of hydrogen-bond donors (Lipinski definition) is 0. The van der Waals surface area contributed by atoms with Crippen molar-refractivity contribution in [3.05, 3.63) is 89.2 Å². The first-order chi connectivity index (χ1) is 14.7. The van der Waals surface area contributed by atoms with Gasteiger partial charge in [-0.15, -0.1) is 0 Å². The maximum absolute atomic E-state index is 12.8. The Hall–Kier alpha value is -3.98. The second-order valence-corrected chi connectivity index (χ2v) is 6.84. The molecule has 1 amide bonds. The number of amidine groups is 1. The molecule has 2 heterocycles. The summed E-state index contributed by atoms with van der Waals surface area (Å²) in [6.07, 6.45) is 1.43. The Morgan fingerprint density at radius 2 is 1.73 bits per heavy atom. The van der Waals surface area contributed by atoms with Crippen molar-refractivity contribution < 1.29 is 9.53 Å². The van der Waals surface area contributed by atoms with Gasteiger partial charge in [0.1, 0.15) is 11.8 Å². The van der Waals surface area contributed by atoms with Crippen LogP contribution in [-0.2, 0) is 17.8 Å². The van der Waals surface area contributed by atoms with Crippen LogP contribution in [0.4, 0.5) is 0 Å². The number of nitrogens with zero attached hydrogens (tertiary/aromatic N) is 4. The normalized spacial score (nSPS) is 12.9. The minimum atomic E-state index is -0.469. The molecule has 0 fully saturated rings. The number of amides is 1. The Kier molecular flexibility index (Phi) is 5.53. The molecule has 0 saturated carbocycles. The van der Waals surface area contributed by atoms with E-state index >= 15 is 0 Å². The molecule has 0 bridgehead atoms. The summed E-state index contributed by atoms with van der Waals surface area (Å²) in [5.41, 5.74) is 5.09. The Morgan fingerprint density at radius 3 is 2.33 bits per heavy atom. The van der Waals surface area contributed by atoms with Gasteiger partial charge in [-0.2, -0.15) is 10.3 Å². The fraction of sp³-hybridized carbons (Fsp3) is 0.167. The Labute approximate surface area is 175 Å². The predicted octanol–water partition coefficient (Wildman–Crippen LogP) is 4.17. The van der Waals surface area contributed by atoms with Gasteiger partial charge in [0.15, 0.2) is 0 Å². The van der Waals surface area contributed by atoms with Gasteiger partial charge >= 0.3 is 0 Å². The largest absolute Gasteiger partial charge is 0.465 e. The number of rotatable bonds is 2. The second kappa shape index (κ2) is 8.58. The maximum atomic E-state index is 12.8. The topological polar surface area (TPSA) is 78.6 Å². The van der Waals surface area contributed by atoms with E-state index < -0.39 is 5.91 Å². The third kappa shape index (κ3) is 3.91. The van der Waals surface area contributed by atoms with E-state index in [0.29, 0.717) is 25.3 Å². The van der Waals surface area contributed by atoms with Crippen molar-refractivity contribution in [1.82, 2.24) is 9.88 Å². The van der Waals surface area contributed by atoms with Crippen molar-refractivity contribution >= 4 is 11.9 Å². The summed E-state index contributed by atoms with van der Waals surface area (Å²) in [5, 5.41) is 9.04. The van der Waals surface area contributed by atoms with Crippen molar-refractivity contribution in [3.63, 3.8) is 0 Å². The molecule has 0 N–H and O–H groups in total. The van der Waals surface area contributed by atoms with Crippen molar-refractivity contribution in [2.24, 2.45) is 4.99 Å². The van der Waals surface area contributed by atoms with E-state index in [0.717, 1.165) is 11.1 Å². The summed E-state index contributed by atoms with van der Waals surface area (Å²) in [6.45, 7) is 3.37. The zero-order valence-corrected chi connectivity index (χ0v) is 16.6. The zero-order chi connectivity index (χ0) is 20.9. The molecule has 148 valence electrons. The van der Waals surface area contributed by atoms with Crippen LogP contribution in [0.3, 0.4) is 0 Å². The molecule has 0 spiro atoms. The number of aliphatic imine (C=N–C) groups is 1. The van der Waals surface area contributed by atoms with Gasteiger partial charge in [-0.25, -0.2) is 4.98 Å². The average Bonchev–Trinajstić information content (AvgIpc) is 2.95. The number of hydrogen-bond acceptors (Lipinski definition) is 4. The van der Waals surface area contributed by atoms with Crippen LogP contribution in [0.15, 0.2) is 71.9 Å². The van der Waals surface area contributed by atoms with Crippen LogP contribution in [0.1, 0.15) is 34.1 Å². The van der Waals surface area contributed by atoms with Crippen molar-refractivity contribution in [2.75, 3.05) is 6.61 Å². The molecule has 6 nitrogen and oxygen atoms in total. The third-order valence-corrected chi connectivity index (χ3v) is 4.91. The molecule has 0 unspecified atom stereocenters. The van der Waals surface area contributed by atoms with Gasteiger partial charge in [0.05, 0.1) is 6.61 Å². The number of nitriles is 1. The van der Waals surface area contributed by atoms with E-state index in [-0.39, 0.29) is 11.7 Å². The van der Waals surface area contributed by atoms with E-state index in [1.165, 1.54) is 23.4 Å². The molecule has 0 radical (unpaired) electrons. The van der Waals surface area contributed by atoms with Crippen molar-refractivity contribution in [1.29, 1.82) is 5.26 Å². The predicted molar refractivity (Wildman–Crippen MR) is 113 cm³/mol. The highest BCUT2D eigenvalue weighted by Gasteiger charge is 2.23. The van der Waals surface area contributed by atoms with Crippen LogP contribution >= 0.6 is 0 Å². The van der Waals surface area contributed by atoms with Gasteiger partial charge in [-0.1, -0.05) is 48.5 Å². The number of fused-ring (bicyclic) bond motifs is 3. The summed E-state index contributed by atoms with van der Waals surface area (Å²) in [5.74, 6) is -0.469. The van der Waals surface area contributed by atoms with Crippen LogP contribution < -0.4 is 0 Å². The molecular weight excluding hydrogens is 376 g/mol. The number of carbonyl (C=O) groups is 1. The van der Waals surface area contributed by atoms with E-state index in [1.54, 1.807) is 6.07 Å². The van der Waals surface area contributed by atoms with Crippen LogP contribution in [0.5, 0.6) is 0 Å². The van der Waals surface area contributed by atoms with Crippen LogP contribution in [-0.4, -0.2) is 28.4 Å². The fourth-order valence-electron chi connectivity index (χ4n) is 3.54. The Bertz CT molecular complexity index is 1120. The number of ether oxygens (including phenoxy) is 1.